The van der Waals surface area contributed by atoms with Gasteiger partial charge in [-0.05, 0) is 26.3 Å². The summed E-state index contributed by atoms with van der Waals surface area (Å²) in [5.74, 6) is 0.897. The summed E-state index contributed by atoms with van der Waals surface area (Å²) in [6.45, 7) is 2.91. The second kappa shape index (κ2) is 8.01. The van der Waals surface area contributed by atoms with E-state index in [1.165, 1.54) is 26.4 Å². The number of halogens is 1. The van der Waals surface area contributed by atoms with Gasteiger partial charge in [-0.3, -0.25) is 0 Å². The molecule has 8 heteroatoms. The number of piperidine rings is 1. The highest BCUT2D eigenvalue weighted by Gasteiger charge is 2.27. The van der Waals surface area contributed by atoms with Crippen molar-refractivity contribution in [2.75, 3.05) is 20.8 Å². The van der Waals surface area contributed by atoms with E-state index in [4.69, 9.17) is 9.47 Å². The van der Waals surface area contributed by atoms with E-state index in [1.54, 1.807) is 6.07 Å². The fourth-order valence-corrected chi connectivity index (χ4v) is 3.81. The highest BCUT2D eigenvalue weighted by atomic mass is 35.5. The van der Waals surface area contributed by atoms with Crippen LogP contribution in [-0.4, -0.2) is 41.3 Å². The Kier molecular flexibility index (Phi) is 6.93. The SMILES string of the molecule is COc1cc(OC)cc(S(=O)(=O)NC2CCCNC2C)c1.Cl. The molecule has 126 valence electrons. The van der Waals surface area contributed by atoms with Crippen LogP contribution >= 0.6 is 12.4 Å². The summed E-state index contributed by atoms with van der Waals surface area (Å²) in [5.41, 5.74) is 0. The van der Waals surface area contributed by atoms with E-state index in [9.17, 15) is 8.42 Å². The predicted molar refractivity (Wildman–Crippen MR) is 87.6 cm³/mol. The lowest BCUT2D eigenvalue weighted by Gasteiger charge is -2.30. The number of hydrogen-bond donors (Lipinski definition) is 2. The van der Waals surface area contributed by atoms with Gasteiger partial charge >= 0.3 is 0 Å². The van der Waals surface area contributed by atoms with Gasteiger partial charge < -0.3 is 14.8 Å². The van der Waals surface area contributed by atoms with Crippen LogP contribution in [-0.2, 0) is 10.0 Å². The highest BCUT2D eigenvalue weighted by molar-refractivity contribution is 7.89. The third kappa shape index (κ3) is 4.49. The number of methoxy groups -OCH3 is 2. The number of rotatable bonds is 5. The van der Waals surface area contributed by atoms with Crippen LogP contribution in [0.2, 0.25) is 0 Å². The molecule has 2 atom stereocenters. The minimum atomic E-state index is -3.61. The molecule has 1 saturated heterocycles. The van der Waals surface area contributed by atoms with Gasteiger partial charge in [-0.1, -0.05) is 0 Å². The van der Waals surface area contributed by atoms with Gasteiger partial charge in [0.25, 0.3) is 0 Å². The molecule has 22 heavy (non-hydrogen) atoms. The Labute approximate surface area is 138 Å². The Morgan fingerprint density at radius 3 is 2.27 bits per heavy atom. The monoisotopic (exact) mass is 350 g/mol. The van der Waals surface area contributed by atoms with Gasteiger partial charge in [-0.2, -0.15) is 0 Å². The zero-order valence-corrected chi connectivity index (χ0v) is 14.6. The van der Waals surface area contributed by atoms with E-state index in [0.717, 1.165) is 19.4 Å². The Hall–Kier alpha value is -1.02. The van der Waals surface area contributed by atoms with Gasteiger partial charge in [0, 0.05) is 30.3 Å². The van der Waals surface area contributed by atoms with Gasteiger partial charge in [-0.25, -0.2) is 13.1 Å². The molecule has 1 aliphatic heterocycles. The fraction of sp³-hybridized carbons (Fsp3) is 0.571. The quantitative estimate of drug-likeness (QED) is 0.842. The summed E-state index contributed by atoms with van der Waals surface area (Å²) in [6.07, 6.45) is 1.79. The smallest absolute Gasteiger partial charge is 0.241 e. The van der Waals surface area contributed by atoms with Crippen molar-refractivity contribution in [3.05, 3.63) is 18.2 Å². The molecule has 0 spiro atoms. The molecule has 0 aromatic heterocycles. The van der Waals surface area contributed by atoms with E-state index in [2.05, 4.69) is 10.0 Å². The molecule has 0 aliphatic carbocycles. The second-order valence-corrected chi connectivity index (χ2v) is 6.88. The third-order valence-electron chi connectivity index (χ3n) is 3.70. The van der Waals surface area contributed by atoms with Crippen LogP contribution in [0.4, 0.5) is 0 Å². The van der Waals surface area contributed by atoms with Crippen molar-refractivity contribution in [1.29, 1.82) is 0 Å². The Morgan fingerprint density at radius 2 is 1.77 bits per heavy atom. The molecular formula is C14H23ClN2O4S. The summed E-state index contributed by atoms with van der Waals surface area (Å²) >= 11 is 0. The van der Waals surface area contributed by atoms with Crippen LogP contribution in [0.1, 0.15) is 19.8 Å². The summed E-state index contributed by atoms with van der Waals surface area (Å²) in [7, 11) is -0.624. The van der Waals surface area contributed by atoms with Crippen molar-refractivity contribution in [1.82, 2.24) is 10.0 Å². The average molecular weight is 351 g/mol. The van der Waals surface area contributed by atoms with Crippen LogP contribution in [0.25, 0.3) is 0 Å². The lowest BCUT2D eigenvalue weighted by atomic mass is 10.0. The standard InChI is InChI=1S/C14H22N2O4S.ClH/c1-10-14(5-4-6-15-10)16-21(17,18)13-8-11(19-2)7-12(9-13)20-3;/h7-10,14-16H,4-6H2,1-3H3;1H. The zero-order valence-electron chi connectivity index (χ0n) is 13.0. The van der Waals surface area contributed by atoms with Crippen LogP contribution in [0.15, 0.2) is 23.1 Å². The minimum Gasteiger partial charge on any atom is -0.497 e. The van der Waals surface area contributed by atoms with E-state index >= 15 is 0 Å². The highest BCUT2D eigenvalue weighted by Crippen LogP contribution is 2.26. The molecule has 0 bridgehead atoms. The topological polar surface area (TPSA) is 76.7 Å². The van der Waals surface area contributed by atoms with Crippen molar-refractivity contribution in [3.8, 4) is 11.5 Å². The second-order valence-electron chi connectivity index (χ2n) is 5.16. The van der Waals surface area contributed by atoms with Gasteiger partial charge in [0.05, 0.1) is 19.1 Å². The first-order valence-corrected chi connectivity index (χ1v) is 8.43. The van der Waals surface area contributed by atoms with Gasteiger partial charge in [-0.15, -0.1) is 12.4 Å². The molecule has 2 unspecified atom stereocenters. The van der Waals surface area contributed by atoms with E-state index < -0.39 is 10.0 Å². The van der Waals surface area contributed by atoms with Gasteiger partial charge in [0.2, 0.25) is 10.0 Å². The number of ether oxygens (including phenoxy) is 2. The molecule has 2 N–H and O–H groups in total. The predicted octanol–water partition coefficient (Wildman–Crippen LogP) is 1.54. The molecule has 0 saturated carbocycles. The minimum absolute atomic E-state index is 0. The Balaban J connectivity index is 0.00000242. The first-order valence-electron chi connectivity index (χ1n) is 6.95. The van der Waals surface area contributed by atoms with E-state index in [0.29, 0.717) is 11.5 Å². The zero-order chi connectivity index (χ0) is 15.5. The van der Waals surface area contributed by atoms with Gasteiger partial charge in [0.1, 0.15) is 11.5 Å². The first kappa shape index (κ1) is 19.0. The molecule has 1 aromatic rings. The van der Waals surface area contributed by atoms with Crippen LogP contribution < -0.4 is 19.5 Å². The lowest BCUT2D eigenvalue weighted by Crippen LogP contribution is -2.51. The summed E-state index contributed by atoms with van der Waals surface area (Å²) in [4.78, 5) is 0.150. The van der Waals surface area contributed by atoms with Crippen molar-refractivity contribution in [2.45, 2.75) is 36.7 Å². The molecule has 1 heterocycles. The number of hydrogen-bond acceptors (Lipinski definition) is 5. The molecule has 0 amide bonds. The Bertz CT molecular complexity index is 572. The molecule has 0 radical (unpaired) electrons. The summed E-state index contributed by atoms with van der Waals surface area (Å²) in [6, 6.07) is 4.63. The fourth-order valence-electron chi connectivity index (χ4n) is 2.41. The van der Waals surface area contributed by atoms with E-state index in [1.807, 2.05) is 6.92 Å². The van der Waals surface area contributed by atoms with Crippen molar-refractivity contribution < 1.29 is 17.9 Å². The molecule has 2 rings (SSSR count). The first-order chi connectivity index (χ1) is 9.96. The van der Waals surface area contributed by atoms with Crippen molar-refractivity contribution >= 4 is 22.4 Å². The van der Waals surface area contributed by atoms with Crippen molar-refractivity contribution in [2.24, 2.45) is 0 Å². The number of nitrogens with one attached hydrogen (secondary N) is 2. The maximum atomic E-state index is 12.5. The average Bonchev–Trinajstić information content (AvgIpc) is 2.48. The maximum Gasteiger partial charge on any atom is 0.241 e. The van der Waals surface area contributed by atoms with E-state index in [-0.39, 0.29) is 29.4 Å². The maximum absolute atomic E-state index is 12.5. The molecular weight excluding hydrogens is 328 g/mol. The largest absolute Gasteiger partial charge is 0.497 e. The molecule has 1 aromatic carbocycles. The number of sulfonamides is 1. The molecule has 1 fully saturated rings. The molecule has 6 nitrogen and oxygen atoms in total. The van der Waals surface area contributed by atoms with Crippen LogP contribution in [0, 0.1) is 0 Å². The van der Waals surface area contributed by atoms with Crippen LogP contribution in [0.5, 0.6) is 11.5 Å². The Morgan fingerprint density at radius 1 is 1.18 bits per heavy atom. The number of benzene rings is 1. The summed E-state index contributed by atoms with van der Waals surface area (Å²) in [5, 5.41) is 3.27. The van der Waals surface area contributed by atoms with Gasteiger partial charge in [0.15, 0.2) is 0 Å². The summed E-state index contributed by atoms with van der Waals surface area (Å²) < 4.78 is 38.1. The van der Waals surface area contributed by atoms with Crippen LogP contribution in [0.3, 0.4) is 0 Å². The molecule has 1 aliphatic rings. The third-order valence-corrected chi connectivity index (χ3v) is 5.17. The van der Waals surface area contributed by atoms with Crippen molar-refractivity contribution in [3.63, 3.8) is 0 Å². The lowest BCUT2D eigenvalue weighted by molar-refractivity contribution is 0.348. The normalized spacial score (nSPS) is 21.8.